The number of nitrogens with two attached hydrogens (primary N) is 1. The lowest BCUT2D eigenvalue weighted by molar-refractivity contribution is 0.444. The Morgan fingerprint density at radius 3 is 3.00 bits per heavy atom. The molecule has 2 aromatic heterocycles. The maximum Gasteiger partial charge on any atom is 0.153 e. The summed E-state index contributed by atoms with van der Waals surface area (Å²) in [6.07, 6.45) is 1.52. The third-order valence-corrected chi connectivity index (χ3v) is 3.35. The van der Waals surface area contributed by atoms with E-state index >= 15 is 0 Å². The number of furan rings is 1. The smallest absolute Gasteiger partial charge is 0.153 e. The van der Waals surface area contributed by atoms with Gasteiger partial charge in [0.1, 0.15) is 23.7 Å². The largest absolute Gasteiger partial charge is 0.459 e. The molecule has 1 atom stereocenters. The van der Waals surface area contributed by atoms with E-state index in [1.54, 1.807) is 4.68 Å². The number of hydrazine groups is 1. The standard InChI is InChI=1S/C14H17N5O/c1-3-19-14(16-8-17-19)13(18-15)12-7-10-6-9(2)4-5-11(10)20-12/h4-8,13,18H,3,15H2,1-2H3. The van der Waals surface area contributed by atoms with Crippen LogP contribution in [-0.2, 0) is 6.54 Å². The van der Waals surface area contributed by atoms with E-state index in [1.165, 1.54) is 11.9 Å². The van der Waals surface area contributed by atoms with Crippen molar-refractivity contribution in [3.8, 4) is 0 Å². The van der Waals surface area contributed by atoms with Crippen LogP contribution in [0, 0.1) is 6.92 Å². The van der Waals surface area contributed by atoms with Crippen molar-refractivity contribution in [3.63, 3.8) is 0 Å². The van der Waals surface area contributed by atoms with E-state index in [0.717, 1.165) is 29.1 Å². The van der Waals surface area contributed by atoms with Gasteiger partial charge in [0.25, 0.3) is 0 Å². The Kier molecular flexibility index (Phi) is 3.25. The summed E-state index contributed by atoms with van der Waals surface area (Å²) in [5.41, 5.74) is 4.79. The first-order valence-corrected chi connectivity index (χ1v) is 6.57. The lowest BCUT2D eigenvalue weighted by Crippen LogP contribution is -2.31. The summed E-state index contributed by atoms with van der Waals surface area (Å²) in [4.78, 5) is 4.27. The summed E-state index contributed by atoms with van der Waals surface area (Å²) >= 11 is 0. The summed E-state index contributed by atoms with van der Waals surface area (Å²) in [5, 5.41) is 5.22. The van der Waals surface area contributed by atoms with Crippen LogP contribution in [0.1, 0.15) is 30.1 Å². The zero-order valence-corrected chi connectivity index (χ0v) is 11.5. The molecule has 3 N–H and O–H groups in total. The van der Waals surface area contributed by atoms with Gasteiger partial charge in [0, 0.05) is 11.9 Å². The molecule has 104 valence electrons. The Balaban J connectivity index is 2.07. The Labute approximate surface area is 116 Å². The molecule has 0 saturated heterocycles. The third-order valence-electron chi connectivity index (χ3n) is 3.35. The molecule has 0 aliphatic heterocycles. The van der Waals surface area contributed by atoms with Crippen molar-refractivity contribution in [2.24, 2.45) is 5.84 Å². The van der Waals surface area contributed by atoms with Gasteiger partial charge in [-0.2, -0.15) is 5.10 Å². The molecule has 3 aromatic rings. The van der Waals surface area contributed by atoms with Gasteiger partial charge in [-0.25, -0.2) is 15.1 Å². The van der Waals surface area contributed by atoms with Crippen molar-refractivity contribution in [1.82, 2.24) is 20.2 Å². The first-order valence-electron chi connectivity index (χ1n) is 6.57. The van der Waals surface area contributed by atoms with Crippen molar-refractivity contribution >= 4 is 11.0 Å². The number of benzene rings is 1. The summed E-state index contributed by atoms with van der Waals surface area (Å²) in [5.74, 6) is 7.15. The van der Waals surface area contributed by atoms with Crippen LogP contribution >= 0.6 is 0 Å². The van der Waals surface area contributed by atoms with E-state index in [2.05, 4.69) is 28.5 Å². The Morgan fingerprint density at radius 2 is 2.25 bits per heavy atom. The minimum absolute atomic E-state index is 0.315. The number of nitrogens with one attached hydrogen (secondary N) is 1. The van der Waals surface area contributed by atoms with Gasteiger partial charge in [-0.1, -0.05) is 11.6 Å². The highest BCUT2D eigenvalue weighted by Gasteiger charge is 2.22. The van der Waals surface area contributed by atoms with Crippen molar-refractivity contribution in [1.29, 1.82) is 0 Å². The molecule has 1 aromatic carbocycles. The normalized spacial score (nSPS) is 12.9. The Bertz CT molecular complexity index is 730. The molecule has 0 aliphatic carbocycles. The van der Waals surface area contributed by atoms with Crippen LogP contribution in [0.2, 0.25) is 0 Å². The van der Waals surface area contributed by atoms with E-state index < -0.39 is 0 Å². The Hall–Kier alpha value is -2.18. The van der Waals surface area contributed by atoms with E-state index in [-0.39, 0.29) is 6.04 Å². The molecule has 20 heavy (non-hydrogen) atoms. The van der Waals surface area contributed by atoms with Crippen LogP contribution in [0.5, 0.6) is 0 Å². The molecule has 0 saturated carbocycles. The highest BCUT2D eigenvalue weighted by Crippen LogP contribution is 2.27. The predicted molar refractivity (Wildman–Crippen MR) is 75.8 cm³/mol. The van der Waals surface area contributed by atoms with Crippen LogP contribution in [0.4, 0.5) is 0 Å². The van der Waals surface area contributed by atoms with Gasteiger partial charge in [0.15, 0.2) is 5.82 Å². The van der Waals surface area contributed by atoms with Gasteiger partial charge in [0.2, 0.25) is 0 Å². The number of nitrogens with zero attached hydrogens (tertiary/aromatic N) is 3. The number of hydrogen-bond acceptors (Lipinski definition) is 5. The SMILES string of the molecule is CCn1ncnc1C(NN)c1cc2cc(C)ccc2o1. The van der Waals surface area contributed by atoms with Crippen LogP contribution in [0.3, 0.4) is 0 Å². The molecule has 1 unspecified atom stereocenters. The quantitative estimate of drug-likeness (QED) is 0.559. The minimum atomic E-state index is -0.315. The van der Waals surface area contributed by atoms with E-state index in [4.69, 9.17) is 10.3 Å². The zero-order chi connectivity index (χ0) is 14.1. The van der Waals surface area contributed by atoms with Crippen LogP contribution in [0.15, 0.2) is 35.0 Å². The van der Waals surface area contributed by atoms with Crippen molar-refractivity contribution in [3.05, 3.63) is 47.7 Å². The van der Waals surface area contributed by atoms with Crippen LogP contribution in [0.25, 0.3) is 11.0 Å². The van der Waals surface area contributed by atoms with Gasteiger partial charge in [-0.15, -0.1) is 0 Å². The number of hydrogen-bond donors (Lipinski definition) is 2. The summed E-state index contributed by atoms with van der Waals surface area (Å²) < 4.78 is 7.67. The molecule has 0 spiro atoms. The molecular formula is C14H17N5O. The maximum atomic E-state index is 5.88. The monoisotopic (exact) mass is 271 g/mol. The zero-order valence-electron chi connectivity index (χ0n) is 11.5. The van der Waals surface area contributed by atoms with Gasteiger partial charge in [0.05, 0.1) is 0 Å². The molecule has 6 nitrogen and oxygen atoms in total. The minimum Gasteiger partial charge on any atom is -0.459 e. The molecule has 2 heterocycles. The third kappa shape index (κ3) is 2.09. The van der Waals surface area contributed by atoms with Crippen LogP contribution < -0.4 is 11.3 Å². The van der Waals surface area contributed by atoms with Gasteiger partial charge in [-0.3, -0.25) is 5.84 Å². The molecule has 0 aliphatic rings. The second-order valence-corrected chi connectivity index (χ2v) is 4.72. The first kappa shape index (κ1) is 12.8. The fourth-order valence-corrected chi connectivity index (χ4v) is 2.35. The van der Waals surface area contributed by atoms with Crippen molar-refractivity contribution in [2.75, 3.05) is 0 Å². The topological polar surface area (TPSA) is 81.9 Å². The van der Waals surface area contributed by atoms with E-state index in [9.17, 15) is 0 Å². The molecule has 0 bridgehead atoms. The highest BCUT2D eigenvalue weighted by atomic mass is 16.3. The molecule has 0 radical (unpaired) electrons. The summed E-state index contributed by atoms with van der Waals surface area (Å²) in [7, 11) is 0. The molecule has 0 fully saturated rings. The van der Waals surface area contributed by atoms with E-state index in [0.29, 0.717) is 0 Å². The van der Waals surface area contributed by atoms with Gasteiger partial charge < -0.3 is 4.42 Å². The number of aromatic nitrogens is 3. The number of aryl methyl sites for hydroxylation is 2. The lowest BCUT2D eigenvalue weighted by atomic mass is 10.1. The van der Waals surface area contributed by atoms with Gasteiger partial charge >= 0.3 is 0 Å². The first-order chi connectivity index (χ1) is 9.72. The highest BCUT2D eigenvalue weighted by molar-refractivity contribution is 5.78. The average molecular weight is 271 g/mol. The molecule has 3 rings (SSSR count). The Morgan fingerprint density at radius 1 is 1.40 bits per heavy atom. The average Bonchev–Trinajstić information content (AvgIpc) is 3.05. The molecular weight excluding hydrogens is 254 g/mol. The van der Waals surface area contributed by atoms with Crippen LogP contribution in [-0.4, -0.2) is 14.8 Å². The fourth-order valence-electron chi connectivity index (χ4n) is 2.35. The number of rotatable bonds is 4. The summed E-state index contributed by atoms with van der Waals surface area (Å²) in [6.45, 7) is 4.79. The predicted octanol–water partition coefficient (Wildman–Crippen LogP) is 1.91. The lowest BCUT2D eigenvalue weighted by Gasteiger charge is -2.12. The maximum absolute atomic E-state index is 5.88. The second kappa shape index (κ2) is 5.07. The van der Waals surface area contributed by atoms with Gasteiger partial charge in [-0.05, 0) is 32.0 Å². The van der Waals surface area contributed by atoms with Crippen molar-refractivity contribution in [2.45, 2.75) is 26.4 Å². The van der Waals surface area contributed by atoms with E-state index in [1.807, 2.05) is 25.1 Å². The molecule has 0 amide bonds. The fraction of sp³-hybridized carbons (Fsp3) is 0.286. The number of fused-ring (bicyclic) bond motifs is 1. The second-order valence-electron chi connectivity index (χ2n) is 4.72. The van der Waals surface area contributed by atoms with Crippen molar-refractivity contribution < 1.29 is 4.42 Å². The molecule has 6 heteroatoms. The summed E-state index contributed by atoms with van der Waals surface area (Å²) in [6, 6.07) is 7.74.